The Balaban J connectivity index is 1.71. The van der Waals surface area contributed by atoms with Gasteiger partial charge in [0.05, 0.1) is 12.0 Å². The van der Waals surface area contributed by atoms with Gasteiger partial charge in [0.2, 0.25) is 5.95 Å². The SMILES string of the molecule is CCNc1nc(N)nc2c1ncn2CCNC(=O)c1cc(C)nn1CC. The Morgan fingerprint density at radius 1 is 1.31 bits per heavy atom. The Bertz CT molecular complexity index is 927. The van der Waals surface area contributed by atoms with Crippen molar-refractivity contribution in [2.45, 2.75) is 33.9 Å². The van der Waals surface area contributed by atoms with Crippen LogP contribution in [0.25, 0.3) is 11.2 Å². The summed E-state index contributed by atoms with van der Waals surface area (Å²) < 4.78 is 3.53. The first kappa shape index (κ1) is 17.6. The molecule has 0 unspecified atom stereocenters. The molecular weight excluding hydrogens is 334 g/mol. The molecule has 0 aliphatic heterocycles. The molecule has 0 saturated heterocycles. The van der Waals surface area contributed by atoms with Crippen LogP contribution in [0.1, 0.15) is 30.0 Å². The molecule has 26 heavy (non-hydrogen) atoms. The summed E-state index contributed by atoms with van der Waals surface area (Å²) in [6.07, 6.45) is 1.67. The summed E-state index contributed by atoms with van der Waals surface area (Å²) in [4.78, 5) is 25.2. The number of nitrogen functional groups attached to an aromatic ring is 1. The standard InChI is InChI=1S/C16H23N9O/c1-4-18-13-12-14(22-16(17)21-13)24(9-20-12)7-6-19-15(26)11-8-10(3)23-25(11)5-2/h8-9H,4-7H2,1-3H3,(H,19,26)(H3,17,18,21,22). The first-order valence-electron chi connectivity index (χ1n) is 8.58. The lowest BCUT2D eigenvalue weighted by Crippen LogP contribution is -2.29. The molecule has 1 amide bonds. The molecule has 3 rings (SSSR count). The molecule has 3 aromatic heterocycles. The molecule has 0 aromatic carbocycles. The molecule has 3 heterocycles. The van der Waals surface area contributed by atoms with Gasteiger partial charge in [0.25, 0.3) is 5.91 Å². The molecule has 138 valence electrons. The third-order valence-electron chi connectivity index (χ3n) is 3.90. The van der Waals surface area contributed by atoms with Crippen LogP contribution in [-0.4, -0.2) is 48.3 Å². The van der Waals surface area contributed by atoms with E-state index in [2.05, 4.69) is 30.7 Å². The summed E-state index contributed by atoms with van der Waals surface area (Å²) in [7, 11) is 0. The summed E-state index contributed by atoms with van der Waals surface area (Å²) in [5, 5.41) is 10.3. The minimum Gasteiger partial charge on any atom is -0.368 e. The van der Waals surface area contributed by atoms with Crippen molar-refractivity contribution in [2.75, 3.05) is 24.1 Å². The van der Waals surface area contributed by atoms with Crippen molar-refractivity contribution < 1.29 is 4.79 Å². The summed E-state index contributed by atoms with van der Waals surface area (Å²) in [6.45, 7) is 8.09. The van der Waals surface area contributed by atoms with E-state index in [1.807, 2.05) is 25.3 Å². The first-order chi connectivity index (χ1) is 12.5. The second-order valence-corrected chi connectivity index (χ2v) is 5.81. The predicted octanol–water partition coefficient (Wildman–Crippen LogP) is 0.795. The number of carbonyl (C=O) groups is 1. The third kappa shape index (κ3) is 3.44. The Hall–Kier alpha value is -3.17. The molecule has 3 aromatic rings. The van der Waals surface area contributed by atoms with Gasteiger partial charge in [-0.05, 0) is 26.8 Å². The van der Waals surface area contributed by atoms with Gasteiger partial charge in [-0.25, -0.2) is 4.98 Å². The number of aryl methyl sites for hydroxylation is 2. The lowest BCUT2D eigenvalue weighted by Gasteiger charge is -2.08. The monoisotopic (exact) mass is 357 g/mol. The predicted molar refractivity (Wildman–Crippen MR) is 98.9 cm³/mol. The van der Waals surface area contributed by atoms with Gasteiger partial charge in [-0.15, -0.1) is 0 Å². The molecule has 0 radical (unpaired) electrons. The number of carbonyl (C=O) groups excluding carboxylic acids is 1. The normalized spacial score (nSPS) is 11.0. The number of aromatic nitrogens is 6. The largest absolute Gasteiger partial charge is 0.368 e. The fraction of sp³-hybridized carbons (Fsp3) is 0.438. The van der Waals surface area contributed by atoms with Crippen LogP contribution in [0.4, 0.5) is 11.8 Å². The molecule has 0 aliphatic rings. The van der Waals surface area contributed by atoms with Gasteiger partial charge < -0.3 is 20.9 Å². The maximum atomic E-state index is 12.4. The Kier molecular flexibility index (Phi) is 5.01. The lowest BCUT2D eigenvalue weighted by molar-refractivity contribution is 0.0941. The van der Waals surface area contributed by atoms with Gasteiger partial charge in [-0.3, -0.25) is 9.48 Å². The van der Waals surface area contributed by atoms with Crippen LogP contribution in [0, 0.1) is 6.92 Å². The highest BCUT2D eigenvalue weighted by Crippen LogP contribution is 2.19. The van der Waals surface area contributed by atoms with Crippen LogP contribution in [0.3, 0.4) is 0 Å². The van der Waals surface area contributed by atoms with E-state index in [1.165, 1.54) is 0 Å². The average Bonchev–Trinajstić information content (AvgIpc) is 3.18. The van der Waals surface area contributed by atoms with Crippen LogP contribution < -0.4 is 16.4 Å². The average molecular weight is 357 g/mol. The molecule has 4 N–H and O–H groups in total. The maximum Gasteiger partial charge on any atom is 0.269 e. The molecule has 10 heteroatoms. The highest BCUT2D eigenvalue weighted by Gasteiger charge is 2.14. The fourth-order valence-electron chi connectivity index (χ4n) is 2.77. The van der Waals surface area contributed by atoms with Crippen molar-refractivity contribution in [3.8, 4) is 0 Å². The number of nitrogens with zero attached hydrogens (tertiary/aromatic N) is 6. The van der Waals surface area contributed by atoms with E-state index in [0.29, 0.717) is 48.9 Å². The number of nitrogens with one attached hydrogen (secondary N) is 2. The van der Waals surface area contributed by atoms with Gasteiger partial charge in [0.1, 0.15) is 5.69 Å². The van der Waals surface area contributed by atoms with Gasteiger partial charge >= 0.3 is 0 Å². The number of hydrogen-bond acceptors (Lipinski definition) is 7. The second kappa shape index (κ2) is 7.38. The van der Waals surface area contributed by atoms with E-state index in [9.17, 15) is 4.79 Å². The van der Waals surface area contributed by atoms with E-state index in [-0.39, 0.29) is 11.9 Å². The van der Waals surface area contributed by atoms with Crippen LogP contribution >= 0.6 is 0 Å². The molecule has 0 spiro atoms. The van der Waals surface area contributed by atoms with Crippen LogP contribution in [-0.2, 0) is 13.1 Å². The summed E-state index contributed by atoms with van der Waals surface area (Å²) >= 11 is 0. The smallest absolute Gasteiger partial charge is 0.269 e. The van der Waals surface area contributed by atoms with E-state index in [0.717, 1.165) is 5.69 Å². The van der Waals surface area contributed by atoms with Gasteiger partial charge in [0.15, 0.2) is 17.0 Å². The lowest BCUT2D eigenvalue weighted by atomic mass is 10.3. The minimum absolute atomic E-state index is 0.153. The molecule has 0 saturated carbocycles. The van der Waals surface area contributed by atoms with Crippen molar-refractivity contribution >= 4 is 28.8 Å². The number of hydrogen-bond donors (Lipinski definition) is 3. The topological polar surface area (TPSA) is 129 Å². The maximum absolute atomic E-state index is 12.4. The zero-order valence-corrected chi connectivity index (χ0v) is 15.2. The van der Waals surface area contributed by atoms with Crippen molar-refractivity contribution in [3.63, 3.8) is 0 Å². The first-order valence-corrected chi connectivity index (χ1v) is 8.58. The minimum atomic E-state index is -0.153. The van der Waals surface area contributed by atoms with E-state index in [4.69, 9.17) is 5.73 Å². The van der Waals surface area contributed by atoms with Crippen molar-refractivity contribution in [3.05, 3.63) is 23.8 Å². The van der Waals surface area contributed by atoms with E-state index < -0.39 is 0 Å². The number of amides is 1. The Morgan fingerprint density at radius 3 is 2.85 bits per heavy atom. The molecular formula is C16H23N9O. The van der Waals surface area contributed by atoms with Gasteiger partial charge in [0, 0.05) is 26.2 Å². The molecule has 0 fully saturated rings. The molecule has 10 nitrogen and oxygen atoms in total. The van der Waals surface area contributed by atoms with E-state index in [1.54, 1.807) is 17.1 Å². The quantitative estimate of drug-likeness (QED) is 0.570. The number of anilines is 2. The number of nitrogens with two attached hydrogens (primary N) is 1. The zero-order valence-electron chi connectivity index (χ0n) is 15.2. The van der Waals surface area contributed by atoms with Crippen LogP contribution in [0.5, 0.6) is 0 Å². The zero-order chi connectivity index (χ0) is 18.7. The van der Waals surface area contributed by atoms with E-state index >= 15 is 0 Å². The molecule has 0 atom stereocenters. The molecule has 0 aliphatic carbocycles. The highest BCUT2D eigenvalue weighted by atomic mass is 16.2. The van der Waals surface area contributed by atoms with Crippen molar-refractivity contribution in [1.82, 2.24) is 34.6 Å². The van der Waals surface area contributed by atoms with Crippen molar-refractivity contribution in [1.29, 1.82) is 0 Å². The molecule has 0 bridgehead atoms. The third-order valence-corrected chi connectivity index (χ3v) is 3.90. The second-order valence-electron chi connectivity index (χ2n) is 5.81. The summed E-state index contributed by atoms with van der Waals surface area (Å²) in [5.41, 5.74) is 8.46. The Morgan fingerprint density at radius 2 is 2.12 bits per heavy atom. The van der Waals surface area contributed by atoms with Gasteiger partial charge in [-0.1, -0.05) is 0 Å². The number of imidazole rings is 1. The van der Waals surface area contributed by atoms with Crippen LogP contribution in [0.15, 0.2) is 12.4 Å². The highest BCUT2D eigenvalue weighted by molar-refractivity contribution is 5.92. The summed E-state index contributed by atoms with van der Waals surface area (Å²) in [5.74, 6) is 0.640. The summed E-state index contributed by atoms with van der Waals surface area (Å²) in [6, 6.07) is 1.78. The Labute approximate surface area is 150 Å². The van der Waals surface area contributed by atoms with Gasteiger partial charge in [-0.2, -0.15) is 15.1 Å². The number of fused-ring (bicyclic) bond motifs is 1. The fourth-order valence-corrected chi connectivity index (χ4v) is 2.77. The number of rotatable bonds is 7. The van der Waals surface area contributed by atoms with Crippen LogP contribution in [0.2, 0.25) is 0 Å². The van der Waals surface area contributed by atoms with Crippen molar-refractivity contribution in [2.24, 2.45) is 0 Å².